The number of carbonyl (C=O) groups is 1. The Bertz CT molecular complexity index is 510. The number of benzene rings is 1. The van der Waals surface area contributed by atoms with Gasteiger partial charge in [0.15, 0.2) is 0 Å². The average Bonchev–Trinajstić information content (AvgIpc) is 2.87. The highest BCUT2D eigenvalue weighted by Gasteiger charge is 2.23. The van der Waals surface area contributed by atoms with Crippen LogP contribution in [-0.4, -0.2) is 55.5 Å². The third kappa shape index (κ3) is 4.85. The summed E-state index contributed by atoms with van der Waals surface area (Å²) in [6.45, 7) is 2.93. The molecule has 2 rings (SSSR count). The molecule has 4 nitrogen and oxygen atoms in total. The number of hydrogen-bond acceptors (Lipinski definition) is 3. The van der Waals surface area contributed by atoms with Crippen molar-refractivity contribution in [1.82, 2.24) is 9.80 Å². The van der Waals surface area contributed by atoms with Crippen LogP contribution in [0.4, 0.5) is 5.69 Å². The Morgan fingerprint density at radius 2 is 2.24 bits per heavy atom. The van der Waals surface area contributed by atoms with Crippen molar-refractivity contribution in [1.29, 1.82) is 0 Å². The standard InChI is InChI=1S/C15H21Cl2N3O/c1-19-7-5-12(10-19)20(2)8-6-15(21)18-14-9-11(16)3-4-13(14)17/h3-4,9,12H,5-8,10H2,1-2H3,(H,18,21). The number of amides is 1. The summed E-state index contributed by atoms with van der Waals surface area (Å²) in [5.74, 6) is -0.0441. The van der Waals surface area contributed by atoms with Crippen LogP contribution in [0.3, 0.4) is 0 Å². The molecule has 1 aromatic carbocycles. The summed E-state index contributed by atoms with van der Waals surface area (Å²) in [5, 5.41) is 3.87. The summed E-state index contributed by atoms with van der Waals surface area (Å²) in [7, 11) is 4.20. The van der Waals surface area contributed by atoms with Gasteiger partial charge in [0.25, 0.3) is 0 Å². The Hall–Kier alpha value is -0.810. The van der Waals surface area contributed by atoms with Gasteiger partial charge in [-0.25, -0.2) is 0 Å². The van der Waals surface area contributed by atoms with Gasteiger partial charge >= 0.3 is 0 Å². The molecule has 1 saturated heterocycles. The molecule has 0 aromatic heterocycles. The summed E-state index contributed by atoms with van der Waals surface area (Å²) in [6, 6.07) is 5.58. The smallest absolute Gasteiger partial charge is 0.225 e. The van der Waals surface area contributed by atoms with E-state index in [9.17, 15) is 4.79 Å². The zero-order chi connectivity index (χ0) is 15.4. The maximum absolute atomic E-state index is 12.0. The number of halogens is 2. The summed E-state index contributed by atoms with van der Waals surface area (Å²) < 4.78 is 0. The predicted molar refractivity (Wildman–Crippen MR) is 88.2 cm³/mol. The molecule has 1 aliphatic rings. The molecular formula is C15H21Cl2N3O. The highest BCUT2D eigenvalue weighted by atomic mass is 35.5. The summed E-state index contributed by atoms with van der Waals surface area (Å²) in [6.07, 6.45) is 1.61. The van der Waals surface area contributed by atoms with E-state index in [4.69, 9.17) is 23.2 Å². The second kappa shape index (κ2) is 7.45. The van der Waals surface area contributed by atoms with Gasteiger partial charge in [-0.05, 0) is 45.3 Å². The Balaban J connectivity index is 1.80. The molecule has 0 spiro atoms. The second-order valence-corrected chi connectivity index (χ2v) is 6.45. The SMILES string of the molecule is CN1CCC(N(C)CCC(=O)Nc2cc(Cl)ccc2Cl)C1. The molecule has 21 heavy (non-hydrogen) atoms. The number of carbonyl (C=O) groups excluding carboxylic acids is 1. The van der Waals surface area contributed by atoms with Gasteiger partial charge in [-0.1, -0.05) is 23.2 Å². The van der Waals surface area contributed by atoms with Gasteiger partial charge in [-0.3, -0.25) is 4.79 Å². The highest BCUT2D eigenvalue weighted by Crippen LogP contribution is 2.25. The normalized spacial score (nSPS) is 19.2. The maximum Gasteiger partial charge on any atom is 0.225 e. The van der Waals surface area contributed by atoms with E-state index in [0.29, 0.717) is 28.2 Å². The molecule has 1 unspecified atom stereocenters. The number of rotatable bonds is 5. The lowest BCUT2D eigenvalue weighted by Crippen LogP contribution is -2.35. The third-order valence-electron chi connectivity index (χ3n) is 3.88. The molecule has 116 valence electrons. The van der Waals surface area contributed by atoms with E-state index < -0.39 is 0 Å². The predicted octanol–water partition coefficient (Wildman–Crippen LogP) is 2.96. The zero-order valence-corrected chi connectivity index (χ0v) is 13.9. The Morgan fingerprint density at radius 1 is 1.48 bits per heavy atom. The van der Waals surface area contributed by atoms with Crippen LogP contribution in [0.25, 0.3) is 0 Å². The van der Waals surface area contributed by atoms with Gasteiger partial charge < -0.3 is 15.1 Å². The Labute approximate surface area is 136 Å². The molecule has 1 heterocycles. The van der Waals surface area contributed by atoms with Crippen LogP contribution in [-0.2, 0) is 4.79 Å². The fraction of sp³-hybridized carbons (Fsp3) is 0.533. The lowest BCUT2D eigenvalue weighted by molar-refractivity contribution is -0.116. The molecule has 0 radical (unpaired) electrons. The first-order valence-electron chi connectivity index (χ1n) is 7.09. The number of nitrogens with zero attached hydrogens (tertiary/aromatic N) is 2. The van der Waals surface area contributed by atoms with E-state index in [1.807, 2.05) is 0 Å². The lowest BCUT2D eigenvalue weighted by atomic mass is 10.2. The first kappa shape index (κ1) is 16.6. The summed E-state index contributed by atoms with van der Waals surface area (Å²) >= 11 is 11.9. The van der Waals surface area contributed by atoms with Crippen LogP contribution in [0.15, 0.2) is 18.2 Å². The van der Waals surface area contributed by atoms with Crippen LogP contribution in [0.5, 0.6) is 0 Å². The van der Waals surface area contributed by atoms with Gasteiger partial charge in [0, 0.05) is 30.6 Å². The van der Waals surface area contributed by atoms with Crippen molar-refractivity contribution in [2.24, 2.45) is 0 Å². The molecule has 1 amide bonds. The van der Waals surface area contributed by atoms with Gasteiger partial charge in [-0.2, -0.15) is 0 Å². The van der Waals surface area contributed by atoms with Crippen LogP contribution in [0.2, 0.25) is 10.0 Å². The van der Waals surface area contributed by atoms with Crippen LogP contribution in [0.1, 0.15) is 12.8 Å². The molecule has 0 bridgehead atoms. The number of nitrogens with one attached hydrogen (secondary N) is 1. The number of likely N-dealkylation sites (N-methyl/N-ethyl adjacent to an activating group) is 2. The average molecular weight is 330 g/mol. The van der Waals surface area contributed by atoms with Crippen molar-refractivity contribution in [2.45, 2.75) is 18.9 Å². The highest BCUT2D eigenvalue weighted by molar-refractivity contribution is 6.35. The lowest BCUT2D eigenvalue weighted by Gasteiger charge is -2.23. The minimum atomic E-state index is -0.0441. The minimum Gasteiger partial charge on any atom is -0.325 e. The van der Waals surface area contributed by atoms with Gasteiger partial charge in [-0.15, -0.1) is 0 Å². The van der Waals surface area contributed by atoms with Gasteiger partial charge in [0.05, 0.1) is 10.7 Å². The molecule has 1 aliphatic heterocycles. The van der Waals surface area contributed by atoms with Crippen molar-refractivity contribution >= 4 is 34.8 Å². The Kier molecular flexibility index (Phi) is 5.88. The van der Waals surface area contributed by atoms with Crippen LogP contribution >= 0.6 is 23.2 Å². The zero-order valence-electron chi connectivity index (χ0n) is 12.4. The molecule has 1 aromatic rings. The van der Waals surface area contributed by atoms with E-state index in [2.05, 4.69) is 29.2 Å². The third-order valence-corrected chi connectivity index (χ3v) is 4.45. The summed E-state index contributed by atoms with van der Waals surface area (Å²) in [5.41, 5.74) is 0.567. The second-order valence-electron chi connectivity index (χ2n) is 5.61. The minimum absolute atomic E-state index is 0.0441. The van der Waals surface area contributed by atoms with Gasteiger partial charge in [0.1, 0.15) is 0 Å². The van der Waals surface area contributed by atoms with Gasteiger partial charge in [0.2, 0.25) is 5.91 Å². The van der Waals surface area contributed by atoms with E-state index in [1.165, 1.54) is 0 Å². The van der Waals surface area contributed by atoms with E-state index >= 15 is 0 Å². The van der Waals surface area contributed by atoms with Crippen molar-refractivity contribution < 1.29 is 4.79 Å². The molecule has 1 fully saturated rings. The largest absolute Gasteiger partial charge is 0.325 e. The molecule has 0 saturated carbocycles. The van der Waals surface area contributed by atoms with E-state index in [0.717, 1.165) is 26.1 Å². The number of hydrogen-bond donors (Lipinski definition) is 1. The molecule has 1 atom stereocenters. The quantitative estimate of drug-likeness (QED) is 0.902. The molecule has 1 N–H and O–H groups in total. The molecule has 0 aliphatic carbocycles. The number of likely N-dealkylation sites (tertiary alicyclic amines) is 1. The molecule has 6 heteroatoms. The van der Waals surface area contributed by atoms with Crippen molar-refractivity contribution in [3.8, 4) is 0 Å². The van der Waals surface area contributed by atoms with Crippen molar-refractivity contribution in [3.63, 3.8) is 0 Å². The fourth-order valence-corrected chi connectivity index (χ4v) is 2.87. The topological polar surface area (TPSA) is 35.6 Å². The first-order valence-corrected chi connectivity index (χ1v) is 7.85. The van der Waals surface area contributed by atoms with Crippen LogP contribution < -0.4 is 5.32 Å². The summed E-state index contributed by atoms with van der Waals surface area (Å²) in [4.78, 5) is 16.6. The monoisotopic (exact) mass is 329 g/mol. The molecular weight excluding hydrogens is 309 g/mol. The Morgan fingerprint density at radius 3 is 2.90 bits per heavy atom. The van der Waals surface area contributed by atoms with Crippen molar-refractivity contribution in [2.75, 3.05) is 39.0 Å². The number of anilines is 1. The maximum atomic E-state index is 12.0. The fourth-order valence-electron chi connectivity index (χ4n) is 2.54. The van der Waals surface area contributed by atoms with E-state index in [1.54, 1.807) is 18.2 Å². The van der Waals surface area contributed by atoms with Crippen LogP contribution in [0, 0.1) is 0 Å². The first-order chi connectivity index (χ1) is 9.95. The van der Waals surface area contributed by atoms with Crippen molar-refractivity contribution in [3.05, 3.63) is 28.2 Å². The van der Waals surface area contributed by atoms with E-state index in [-0.39, 0.29) is 5.91 Å².